The van der Waals surface area contributed by atoms with Crippen LogP contribution in [0.4, 0.5) is 0 Å². The minimum Gasteiger partial charge on any atom is -0.298 e. The number of ketones is 1. The molecule has 25 heavy (non-hydrogen) atoms. The van der Waals surface area contributed by atoms with Gasteiger partial charge in [0.05, 0.1) is 5.25 Å². The normalized spacial score (nSPS) is 17.2. The first-order chi connectivity index (χ1) is 12.2. The minimum atomic E-state index is -0.0288. The molecule has 0 N–H and O–H groups in total. The second-order valence-electron chi connectivity index (χ2n) is 5.95. The molecule has 3 aromatic rings. The van der Waals surface area contributed by atoms with Gasteiger partial charge in [-0.2, -0.15) is 0 Å². The van der Waals surface area contributed by atoms with Gasteiger partial charge in [0, 0.05) is 22.7 Å². The van der Waals surface area contributed by atoms with Crippen molar-refractivity contribution in [3.8, 4) is 17.1 Å². The highest BCUT2D eigenvalue weighted by Crippen LogP contribution is 2.35. The van der Waals surface area contributed by atoms with E-state index in [1.165, 1.54) is 11.8 Å². The van der Waals surface area contributed by atoms with E-state index >= 15 is 0 Å². The van der Waals surface area contributed by atoms with Gasteiger partial charge in [-0.05, 0) is 37.1 Å². The summed E-state index contributed by atoms with van der Waals surface area (Å²) in [6.45, 7) is 0. The number of halogens is 1. The molecule has 0 spiro atoms. The first kappa shape index (κ1) is 16.4. The fourth-order valence-electron chi connectivity index (χ4n) is 2.98. The second-order valence-corrected chi connectivity index (χ2v) is 7.56. The van der Waals surface area contributed by atoms with Crippen molar-refractivity contribution in [3.05, 3.63) is 59.6 Å². The van der Waals surface area contributed by atoms with Gasteiger partial charge in [0.15, 0.2) is 11.0 Å². The van der Waals surface area contributed by atoms with Crippen LogP contribution in [0.1, 0.15) is 19.3 Å². The Kier molecular flexibility index (Phi) is 4.59. The second kappa shape index (κ2) is 7.02. The van der Waals surface area contributed by atoms with Crippen molar-refractivity contribution in [1.82, 2.24) is 14.8 Å². The van der Waals surface area contributed by atoms with Crippen molar-refractivity contribution in [2.75, 3.05) is 0 Å². The summed E-state index contributed by atoms with van der Waals surface area (Å²) in [5, 5.41) is 10.2. The summed E-state index contributed by atoms with van der Waals surface area (Å²) in [4.78, 5) is 12.1. The standard InChI is InChI=1S/C19H16ClN3OS/c20-14-9-11-15(12-10-14)23-18(13-5-2-1-3-6-13)21-22-19(23)25-17-8-4-7-16(17)24/h1-3,5-6,9-12,17H,4,7-8H2/t17-/m1/s1. The molecule has 1 aliphatic rings. The molecule has 6 heteroatoms. The molecule has 1 heterocycles. The number of thioether (sulfide) groups is 1. The minimum absolute atomic E-state index is 0.0288. The van der Waals surface area contributed by atoms with Crippen molar-refractivity contribution in [3.63, 3.8) is 0 Å². The van der Waals surface area contributed by atoms with Crippen LogP contribution in [0.2, 0.25) is 5.02 Å². The lowest BCUT2D eigenvalue weighted by atomic mass is 10.2. The van der Waals surface area contributed by atoms with Crippen LogP contribution in [0.5, 0.6) is 0 Å². The van der Waals surface area contributed by atoms with Gasteiger partial charge in [-0.15, -0.1) is 10.2 Å². The molecule has 4 nitrogen and oxygen atoms in total. The molecule has 1 aromatic heterocycles. The molecule has 2 aromatic carbocycles. The highest BCUT2D eigenvalue weighted by Gasteiger charge is 2.28. The van der Waals surface area contributed by atoms with Crippen LogP contribution in [0.15, 0.2) is 59.8 Å². The smallest absolute Gasteiger partial charge is 0.196 e. The third-order valence-corrected chi connectivity index (χ3v) is 5.76. The van der Waals surface area contributed by atoms with E-state index in [-0.39, 0.29) is 5.25 Å². The van der Waals surface area contributed by atoms with Crippen molar-refractivity contribution >= 4 is 29.1 Å². The zero-order valence-electron chi connectivity index (χ0n) is 13.4. The van der Waals surface area contributed by atoms with E-state index in [1.807, 2.05) is 59.2 Å². The van der Waals surface area contributed by atoms with Crippen molar-refractivity contribution < 1.29 is 4.79 Å². The number of Topliss-reactive ketones (excluding diaryl/α,β-unsaturated/α-hetero) is 1. The number of rotatable bonds is 4. The average molecular weight is 370 g/mol. The molecule has 0 saturated heterocycles. The van der Waals surface area contributed by atoms with E-state index in [1.54, 1.807) is 0 Å². The Morgan fingerprint density at radius 3 is 2.48 bits per heavy atom. The first-order valence-electron chi connectivity index (χ1n) is 8.18. The average Bonchev–Trinajstić information content (AvgIpc) is 3.24. The van der Waals surface area contributed by atoms with E-state index in [9.17, 15) is 4.79 Å². The quantitative estimate of drug-likeness (QED) is 0.662. The number of carbonyl (C=O) groups is 1. The third kappa shape index (κ3) is 3.34. The highest BCUT2D eigenvalue weighted by atomic mass is 35.5. The molecule has 1 atom stereocenters. The van der Waals surface area contributed by atoms with Gasteiger partial charge in [0.1, 0.15) is 5.78 Å². The van der Waals surface area contributed by atoms with Gasteiger partial charge in [0.25, 0.3) is 0 Å². The zero-order valence-corrected chi connectivity index (χ0v) is 15.0. The van der Waals surface area contributed by atoms with E-state index in [0.29, 0.717) is 17.2 Å². The number of hydrogen-bond acceptors (Lipinski definition) is 4. The number of hydrogen-bond donors (Lipinski definition) is 0. The van der Waals surface area contributed by atoms with Gasteiger partial charge in [0.2, 0.25) is 0 Å². The Balaban J connectivity index is 1.80. The Hall–Kier alpha value is -2.11. The molecule has 0 bridgehead atoms. The van der Waals surface area contributed by atoms with E-state index in [4.69, 9.17) is 11.6 Å². The third-order valence-electron chi connectivity index (χ3n) is 4.25. The van der Waals surface area contributed by atoms with E-state index < -0.39 is 0 Å². The monoisotopic (exact) mass is 369 g/mol. The Morgan fingerprint density at radius 1 is 1.04 bits per heavy atom. The number of aromatic nitrogens is 3. The van der Waals surface area contributed by atoms with Crippen molar-refractivity contribution in [1.29, 1.82) is 0 Å². The van der Waals surface area contributed by atoms with E-state index in [2.05, 4.69) is 10.2 Å². The van der Waals surface area contributed by atoms with Crippen LogP contribution in [-0.2, 0) is 4.79 Å². The van der Waals surface area contributed by atoms with Gasteiger partial charge in [-0.3, -0.25) is 9.36 Å². The molecule has 1 saturated carbocycles. The number of benzene rings is 2. The van der Waals surface area contributed by atoms with Gasteiger partial charge < -0.3 is 0 Å². The molecule has 1 aliphatic carbocycles. The molecule has 126 valence electrons. The van der Waals surface area contributed by atoms with Crippen LogP contribution < -0.4 is 0 Å². The van der Waals surface area contributed by atoms with Crippen LogP contribution in [-0.4, -0.2) is 25.8 Å². The highest BCUT2D eigenvalue weighted by molar-refractivity contribution is 8.00. The molecule has 4 rings (SSSR count). The van der Waals surface area contributed by atoms with Crippen LogP contribution in [0.3, 0.4) is 0 Å². The van der Waals surface area contributed by atoms with Crippen molar-refractivity contribution in [2.45, 2.75) is 29.7 Å². The Bertz CT molecular complexity index is 893. The lowest BCUT2D eigenvalue weighted by molar-refractivity contribution is -0.116. The van der Waals surface area contributed by atoms with Gasteiger partial charge in [-0.25, -0.2) is 0 Å². The SMILES string of the molecule is O=C1CCC[C@H]1Sc1nnc(-c2ccccc2)n1-c1ccc(Cl)cc1. The van der Waals surface area contributed by atoms with Gasteiger partial charge in [-0.1, -0.05) is 53.7 Å². The Labute approximate surface area is 155 Å². The van der Waals surface area contributed by atoms with Crippen LogP contribution in [0, 0.1) is 0 Å². The largest absolute Gasteiger partial charge is 0.298 e. The molecule has 0 unspecified atom stereocenters. The fourth-order valence-corrected chi connectivity index (χ4v) is 4.28. The fraction of sp³-hybridized carbons (Fsp3) is 0.211. The summed E-state index contributed by atoms with van der Waals surface area (Å²) >= 11 is 7.54. The molecule has 0 amide bonds. The van der Waals surface area contributed by atoms with E-state index in [0.717, 1.165) is 35.1 Å². The predicted octanol–water partition coefficient (Wildman–Crippen LogP) is 4.80. The summed E-state index contributed by atoms with van der Waals surface area (Å²) in [6, 6.07) is 17.5. The number of nitrogens with zero attached hydrogens (tertiary/aromatic N) is 3. The topological polar surface area (TPSA) is 47.8 Å². The summed E-state index contributed by atoms with van der Waals surface area (Å²) in [5.41, 5.74) is 1.91. The molecule has 0 aliphatic heterocycles. The molecular weight excluding hydrogens is 354 g/mol. The predicted molar refractivity (Wildman–Crippen MR) is 100 cm³/mol. The summed E-state index contributed by atoms with van der Waals surface area (Å²) in [6.07, 6.45) is 2.52. The summed E-state index contributed by atoms with van der Waals surface area (Å²) in [5.74, 6) is 1.06. The molecule has 0 radical (unpaired) electrons. The maximum absolute atomic E-state index is 12.1. The molecule has 1 fully saturated rings. The van der Waals surface area contributed by atoms with Crippen molar-refractivity contribution in [2.24, 2.45) is 0 Å². The lowest BCUT2D eigenvalue weighted by Crippen LogP contribution is -2.10. The maximum Gasteiger partial charge on any atom is 0.196 e. The lowest BCUT2D eigenvalue weighted by Gasteiger charge is -2.12. The maximum atomic E-state index is 12.1. The van der Waals surface area contributed by atoms with Crippen LogP contribution >= 0.6 is 23.4 Å². The Morgan fingerprint density at radius 2 is 1.80 bits per heavy atom. The number of carbonyl (C=O) groups excluding carboxylic acids is 1. The first-order valence-corrected chi connectivity index (χ1v) is 9.44. The summed E-state index contributed by atoms with van der Waals surface area (Å²) < 4.78 is 2.00. The molecular formula is C19H16ClN3OS. The van der Waals surface area contributed by atoms with Gasteiger partial charge >= 0.3 is 0 Å². The summed E-state index contributed by atoms with van der Waals surface area (Å²) in [7, 11) is 0. The van der Waals surface area contributed by atoms with Crippen LogP contribution in [0.25, 0.3) is 17.1 Å². The zero-order chi connectivity index (χ0) is 17.2.